The predicted molar refractivity (Wildman–Crippen MR) is 90.4 cm³/mol. The number of carbonyl (C=O) groups excluding carboxylic acids is 1. The predicted octanol–water partition coefficient (Wildman–Crippen LogP) is 2.11. The van der Waals surface area contributed by atoms with Crippen molar-refractivity contribution in [1.29, 1.82) is 0 Å². The molecule has 142 valence electrons. The summed E-state index contributed by atoms with van der Waals surface area (Å²) in [5.41, 5.74) is 3.64. The molecule has 0 spiro atoms. The molecule has 2 aromatic heterocycles. The minimum Gasteiger partial charge on any atom is -0.467 e. The standard InChI is InChI=1S/C17H24N4O5/c1-4-11(2)16(13-10-18-25-12(13)3)24-15-9-14(26-20-15)17(22)19-21-5-7-23-8-6-21/h9-11,16H,4-8H2,1-3H3,(H,19,22). The second-order valence-corrected chi connectivity index (χ2v) is 6.33. The molecular weight excluding hydrogens is 340 g/mol. The van der Waals surface area contributed by atoms with E-state index in [9.17, 15) is 4.79 Å². The van der Waals surface area contributed by atoms with Crippen LogP contribution in [-0.2, 0) is 4.74 Å². The summed E-state index contributed by atoms with van der Waals surface area (Å²) in [4.78, 5) is 12.3. The molecule has 2 aromatic rings. The minimum absolute atomic E-state index is 0.0939. The summed E-state index contributed by atoms with van der Waals surface area (Å²) < 4.78 is 21.5. The number of hydrogen-bond acceptors (Lipinski definition) is 8. The molecule has 0 saturated carbocycles. The maximum Gasteiger partial charge on any atom is 0.304 e. The number of amides is 1. The van der Waals surface area contributed by atoms with Gasteiger partial charge in [0.05, 0.1) is 31.0 Å². The van der Waals surface area contributed by atoms with Crippen molar-refractivity contribution in [3.8, 4) is 5.88 Å². The smallest absolute Gasteiger partial charge is 0.304 e. The first-order valence-electron chi connectivity index (χ1n) is 8.76. The van der Waals surface area contributed by atoms with E-state index in [4.69, 9.17) is 18.5 Å². The first kappa shape index (κ1) is 18.4. The number of aryl methyl sites for hydroxylation is 1. The molecule has 2 atom stereocenters. The summed E-state index contributed by atoms with van der Waals surface area (Å²) in [5.74, 6) is 0.884. The first-order chi connectivity index (χ1) is 12.6. The van der Waals surface area contributed by atoms with Crippen LogP contribution in [0.1, 0.15) is 48.3 Å². The van der Waals surface area contributed by atoms with Gasteiger partial charge < -0.3 is 18.5 Å². The highest BCUT2D eigenvalue weighted by atomic mass is 16.5. The molecule has 1 saturated heterocycles. The molecular formula is C17H24N4O5. The Labute approximate surface area is 151 Å². The number of hydrazine groups is 1. The Bertz CT molecular complexity index is 722. The van der Waals surface area contributed by atoms with Gasteiger partial charge in [0.25, 0.3) is 5.88 Å². The summed E-state index contributed by atoms with van der Waals surface area (Å²) in [6.45, 7) is 8.42. The molecule has 0 aliphatic carbocycles. The van der Waals surface area contributed by atoms with Gasteiger partial charge in [0.1, 0.15) is 11.9 Å². The summed E-state index contributed by atoms with van der Waals surface area (Å²) in [6, 6.07) is 1.49. The van der Waals surface area contributed by atoms with Gasteiger partial charge in [-0.3, -0.25) is 10.2 Å². The number of carbonyl (C=O) groups is 1. The normalized spacial score (nSPS) is 17.7. The van der Waals surface area contributed by atoms with Crippen LogP contribution in [0, 0.1) is 12.8 Å². The van der Waals surface area contributed by atoms with E-state index in [0.717, 1.165) is 12.0 Å². The van der Waals surface area contributed by atoms with Gasteiger partial charge in [0, 0.05) is 13.1 Å². The van der Waals surface area contributed by atoms with E-state index in [0.29, 0.717) is 32.1 Å². The molecule has 9 heteroatoms. The van der Waals surface area contributed by atoms with Gasteiger partial charge in [-0.05, 0) is 24.4 Å². The Balaban J connectivity index is 1.67. The monoisotopic (exact) mass is 364 g/mol. The first-order valence-corrected chi connectivity index (χ1v) is 8.76. The lowest BCUT2D eigenvalue weighted by molar-refractivity contribution is 0.0115. The number of aromatic nitrogens is 2. The van der Waals surface area contributed by atoms with Gasteiger partial charge in [0.15, 0.2) is 0 Å². The molecule has 0 aromatic carbocycles. The highest BCUT2D eigenvalue weighted by Gasteiger charge is 2.26. The SMILES string of the molecule is CCC(C)C(Oc1cc(C(=O)NN2CCOCC2)on1)c1cnoc1C. The van der Waals surface area contributed by atoms with Gasteiger partial charge in [-0.1, -0.05) is 19.0 Å². The van der Waals surface area contributed by atoms with E-state index in [1.807, 2.05) is 6.92 Å². The van der Waals surface area contributed by atoms with Crippen LogP contribution in [0.4, 0.5) is 0 Å². The lowest BCUT2D eigenvalue weighted by Crippen LogP contribution is -2.48. The van der Waals surface area contributed by atoms with Crippen LogP contribution in [-0.4, -0.2) is 47.5 Å². The second kappa shape index (κ2) is 8.33. The second-order valence-electron chi connectivity index (χ2n) is 6.33. The third kappa shape index (κ3) is 4.23. The van der Waals surface area contributed by atoms with Crippen LogP contribution in [0.5, 0.6) is 5.88 Å². The average Bonchev–Trinajstić information content (AvgIpc) is 3.29. The van der Waals surface area contributed by atoms with Crippen molar-refractivity contribution in [2.75, 3.05) is 26.3 Å². The van der Waals surface area contributed by atoms with E-state index in [1.54, 1.807) is 11.2 Å². The van der Waals surface area contributed by atoms with Crippen LogP contribution in [0.3, 0.4) is 0 Å². The number of rotatable bonds is 7. The van der Waals surface area contributed by atoms with Crippen molar-refractivity contribution in [2.45, 2.75) is 33.3 Å². The molecule has 0 bridgehead atoms. The third-order valence-electron chi connectivity index (χ3n) is 4.49. The minimum atomic E-state index is -0.365. The number of hydrogen-bond donors (Lipinski definition) is 1. The molecule has 1 aliphatic heterocycles. The Morgan fingerprint density at radius 1 is 1.38 bits per heavy atom. The van der Waals surface area contributed by atoms with Gasteiger partial charge in [-0.15, -0.1) is 0 Å². The topological polar surface area (TPSA) is 103 Å². The molecule has 1 aliphatic rings. The van der Waals surface area contributed by atoms with Crippen molar-refractivity contribution in [3.63, 3.8) is 0 Å². The van der Waals surface area contributed by atoms with Crippen molar-refractivity contribution in [1.82, 2.24) is 20.7 Å². The number of nitrogens with one attached hydrogen (secondary N) is 1. The molecule has 0 radical (unpaired) electrons. The van der Waals surface area contributed by atoms with E-state index in [2.05, 4.69) is 29.6 Å². The molecule has 3 rings (SSSR count). The van der Waals surface area contributed by atoms with Crippen molar-refractivity contribution >= 4 is 5.91 Å². The number of ether oxygens (including phenoxy) is 2. The van der Waals surface area contributed by atoms with Crippen LogP contribution < -0.4 is 10.2 Å². The highest BCUT2D eigenvalue weighted by Crippen LogP contribution is 2.31. The summed E-state index contributed by atoms with van der Waals surface area (Å²) >= 11 is 0. The van der Waals surface area contributed by atoms with Gasteiger partial charge in [-0.25, -0.2) is 5.01 Å². The van der Waals surface area contributed by atoms with Gasteiger partial charge in [0.2, 0.25) is 5.76 Å². The van der Waals surface area contributed by atoms with E-state index in [-0.39, 0.29) is 29.6 Å². The van der Waals surface area contributed by atoms with Gasteiger partial charge >= 0.3 is 5.91 Å². The fourth-order valence-corrected chi connectivity index (χ4v) is 2.71. The Kier molecular flexibility index (Phi) is 5.89. The molecule has 26 heavy (non-hydrogen) atoms. The van der Waals surface area contributed by atoms with Gasteiger partial charge in [-0.2, -0.15) is 0 Å². The fraction of sp³-hybridized carbons (Fsp3) is 0.588. The summed E-state index contributed by atoms with van der Waals surface area (Å²) in [5, 5.41) is 9.48. The van der Waals surface area contributed by atoms with E-state index in [1.165, 1.54) is 6.07 Å². The fourth-order valence-electron chi connectivity index (χ4n) is 2.71. The molecule has 1 amide bonds. The third-order valence-corrected chi connectivity index (χ3v) is 4.49. The molecule has 9 nitrogen and oxygen atoms in total. The number of morpholine rings is 1. The average molecular weight is 364 g/mol. The lowest BCUT2D eigenvalue weighted by atomic mass is 9.96. The molecule has 1 fully saturated rings. The summed E-state index contributed by atoms with van der Waals surface area (Å²) in [6.07, 6.45) is 2.27. The maximum atomic E-state index is 12.3. The number of nitrogens with zero attached hydrogens (tertiary/aromatic N) is 3. The van der Waals surface area contributed by atoms with Crippen molar-refractivity contribution in [2.24, 2.45) is 5.92 Å². The van der Waals surface area contributed by atoms with E-state index < -0.39 is 0 Å². The van der Waals surface area contributed by atoms with E-state index >= 15 is 0 Å². The Morgan fingerprint density at radius 3 is 2.81 bits per heavy atom. The maximum absolute atomic E-state index is 12.3. The zero-order valence-corrected chi connectivity index (χ0v) is 15.2. The van der Waals surface area contributed by atoms with Crippen LogP contribution in [0.2, 0.25) is 0 Å². The van der Waals surface area contributed by atoms with Crippen molar-refractivity contribution < 1.29 is 23.3 Å². The quantitative estimate of drug-likeness (QED) is 0.797. The Hall–Kier alpha value is -2.39. The molecule has 2 unspecified atom stereocenters. The van der Waals surface area contributed by atoms with Crippen LogP contribution in [0.25, 0.3) is 0 Å². The summed E-state index contributed by atoms with van der Waals surface area (Å²) in [7, 11) is 0. The largest absolute Gasteiger partial charge is 0.467 e. The zero-order valence-electron chi connectivity index (χ0n) is 15.2. The highest BCUT2D eigenvalue weighted by molar-refractivity contribution is 5.91. The van der Waals surface area contributed by atoms with Crippen molar-refractivity contribution in [3.05, 3.63) is 29.3 Å². The van der Waals surface area contributed by atoms with Crippen LogP contribution >= 0.6 is 0 Å². The lowest BCUT2D eigenvalue weighted by Gasteiger charge is -2.26. The molecule has 1 N–H and O–H groups in total. The zero-order chi connectivity index (χ0) is 18.5. The van der Waals surface area contributed by atoms with Crippen LogP contribution in [0.15, 0.2) is 21.3 Å². The Morgan fingerprint density at radius 2 is 2.15 bits per heavy atom. The molecule has 3 heterocycles.